The lowest BCUT2D eigenvalue weighted by Crippen LogP contribution is -2.34. The molecule has 0 fully saturated rings. The van der Waals surface area contributed by atoms with Gasteiger partial charge < -0.3 is 4.74 Å². The second kappa shape index (κ2) is 14.9. The Balaban J connectivity index is 1.19. The molecule has 292 valence electrons. The van der Waals surface area contributed by atoms with Crippen molar-refractivity contribution >= 4 is 0 Å². The van der Waals surface area contributed by atoms with Gasteiger partial charge in [0.2, 0.25) is 0 Å². The number of fused-ring (bicyclic) bond motifs is 2. The monoisotopic (exact) mass is 778 g/mol. The van der Waals surface area contributed by atoms with Crippen LogP contribution in [-0.4, -0.2) is 15.0 Å². The number of nitriles is 1. The van der Waals surface area contributed by atoms with Crippen LogP contribution in [-0.2, 0) is 16.2 Å². The van der Waals surface area contributed by atoms with Crippen LogP contribution >= 0.6 is 0 Å². The smallest absolute Gasteiger partial charge is 0.164 e. The predicted molar refractivity (Wildman–Crippen MR) is 242 cm³/mol. The van der Waals surface area contributed by atoms with E-state index < -0.39 is 5.41 Å². The number of benzene rings is 7. The third kappa shape index (κ3) is 6.95. The van der Waals surface area contributed by atoms with Gasteiger partial charge in [-0.2, -0.15) is 5.26 Å². The van der Waals surface area contributed by atoms with Crippen LogP contribution in [0.1, 0.15) is 80.5 Å². The molecular formula is C55H46N4O. The van der Waals surface area contributed by atoms with E-state index in [2.05, 4.69) is 151 Å². The van der Waals surface area contributed by atoms with Crippen LogP contribution in [0.2, 0.25) is 0 Å². The molecule has 2 heterocycles. The molecule has 0 amide bonds. The van der Waals surface area contributed by atoms with Crippen LogP contribution < -0.4 is 4.74 Å². The molecule has 1 aliphatic heterocycles. The van der Waals surface area contributed by atoms with Gasteiger partial charge in [0.1, 0.15) is 11.5 Å². The van der Waals surface area contributed by atoms with Crippen LogP contribution in [0, 0.1) is 11.3 Å². The van der Waals surface area contributed by atoms with E-state index >= 15 is 0 Å². The molecule has 7 aromatic carbocycles. The van der Waals surface area contributed by atoms with Gasteiger partial charge in [-0.05, 0) is 86.7 Å². The summed E-state index contributed by atoms with van der Waals surface area (Å²) in [5.41, 5.74) is 11.7. The summed E-state index contributed by atoms with van der Waals surface area (Å²) >= 11 is 0. The number of nitrogens with zero attached hydrogens (tertiary/aromatic N) is 4. The van der Waals surface area contributed by atoms with Crippen LogP contribution in [0.5, 0.6) is 11.5 Å². The average molecular weight is 779 g/mol. The Labute approximate surface area is 353 Å². The van der Waals surface area contributed by atoms with E-state index in [1.807, 2.05) is 54.6 Å². The first kappa shape index (κ1) is 38.4. The molecule has 5 heteroatoms. The zero-order chi connectivity index (χ0) is 41.6. The molecule has 1 aromatic heterocycles. The predicted octanol–water partition coefficient (Wildman–Crippen LogP) is 13.5. The van der Waals surface area contributed by atoms with Crippen molar-refractivity contribution in [2.75, 3.05) is 0 Å². The highest BCUT2D eigenvalue weighted by atomic mass is 16.5. The molecular weight excluding hydrogens is 733 g/mol. The number of hydrogen-bond donors (Lipinski definition) is 0. The Bertz CT molecular complexity index is 2840. The lowest BCUT2D eigenvalue weighted by molar-refractivity contribution is 0.434. The third-order valence-electron chi connectivity index (χ3n) is 11.7. The molecule has 0 aliphatic carbocycles. The Morgan fingerprint density at radius 2 is 0.900 bits per heavy atom. The minimum atomic E-state index is -0.641. The molecule has 0 spiro atoms. The highest BCUT2D eigenvalue weighted by Crippen LogP contribution is 2.56. The molecule has 0 bridgehead atoms. The number of aromatic nitrogens is 3. The highest BCUT2D eigenvalue weighted by Gasteiger charge is 2.45. The van der Waals surface area contributed by atoms with Crippen molar-refractivity contribution < 1.29 is 4.74 Å². The lowest BCUT2D eigenvalue weighted by Gasteiger charge is -2.42. The zero-order valence-corrected chi connectivity index (χ0v) is 34.9. The SMILES string of the molecule is CC(C)(C)c1ccc(C2(c3ccc(C(C)(C)C)cc3)c3ccccc3Oc3cc(-c4cccc(-c5nc(-c6ccccc6)nc(-c6ccc(C#N)cc6)n5)c4)ccc32)cc1. The van der Waals surface area contributed by atoms with E-state index in [9.17, 15) is 5.26 Å². The first-order chi connectivity index (χ1) is 28.9. The van der Waals surface area contributed by atoms with Crippen molar-refractivity contribution in [1.29, 1.82) is 5.26 Å². The first-order valence-electron chi connectivity index (χ1n) is 20.5. The topological polar surface area (TPSA) is 71.7 Å². The molecule has 0 atom stereocenters. The molecule has 0 N–H and O–H groups in total. The average Bonchev–Trinajstić information content (AvgIpc) is 3.28. The van der Waals surface area contributed by atoms with E-state index in [-0.39, 0.29) is 10.8 Å². The van der Waals surface area contributed by atoms with Gasteiger partial charge in [-0.25, -0.2) is 15.0 Å². The molecule has 0 radical (unpaired) electrons. The summed E-state index contributed by atoms with van der Waals surface area (Å²) in [6.07, 6.45) is 0. The maximum Gasteiger partial charge on any atom is 0.164 e. The van der Waals surface area contributed by atoms with Gasteiger partial charge in [0, 0.05) is 27.8 Å². The van der Waals surface area contributed by atoms with Crippen LogP contribution in [0.4, 0.5) is 0 Å². The third-order valence-corrected chi connectivity index (χ3v) is 11.7. The van der Waals surface area contributed by atoms with Crippen LogP contribution in [0.15, 0.2) is 170 Å². The molecule has 0 saturated heterocycles. The van der Waals surface area contributed by atoms with E-state index in [4.69, 9.17) is 19.7 Å². The summed E-state index contributed by atoms with van der Waals surface area (Å²) in [5, 5.41) is 9.41. The Morgan fingerprint density at radius 1 is 0.433 bits per heavy atom. The summed E-state index contributed by atoms with van der Waals surface area (Å²) in [5.74, 6) is 3.32. The van der Waals surface area contributed by atoms with Gasteiger partial charge in [0.25, 0.3) is 0 Å². The van der Waals surface area contributed by atoms with Crippen LogP contribution in [0.3, 0.4) is 0 Å². The maximum absolute atomic E-state index is 9.41. The normalized spacial score (nSPS) is 13.1. The maximum atomic E-state index is 9.41. The van der Waals surface area contributed by atoms with Crippen molar-refractivity contribution in [1.82, 2.24) is 15.0 Å². The Hall–Kier alpha value is -7.16. The van der Waals surface area contributed by atoms with E-state index in [1.165, 1.54) is 22.3 Å². The second-order valence-electron chi connectivity index (χ2n) is 17.7. The number of hydrogen-bond acceptors (Lipinski definition) is 5. The van der Waals surface area contributed by atoms with E-state index in [0.717, 1.165) is 50.4 Å². The molecule has 60 heavy (non-hydrogen) atoms. The van der Waals surface area contributed by atoms with Crippen molar-refractivity contribution in [2.24, 2.45) is 0 Å². The van der Waals surface area contributed by atoms with Crippen molar-refractivity contribution in [3.63, 3.8) is 0 Å². The Morgan fingerprint density at radius 3 is 1.48 bits per heavy atom. The summed E-state index contributed by atoms with van der Waals surface area (Å²) < 4.78 is 6.90. The number of rotatable bonds is 6. The molecule has 9 rings (SSSR count). The lowest BCUT2D eigenvalue weighted by atomic mass is 9.63. The molecule has 0 saturated carbocycles. The summed E-state index contributed by atoms with van der Waals surface area (Å²) in [4.78, 5) is 14.9. The van der Waals surface area contributed by atoms with Gasteiger partial charge in [-0.1, -0.05) is 169 Å². The summed E-state index contributed by atoms with van der Waals surface area (Å²) in [7, 11) is 0. The van der Waals surface area contributed by atoms with Crippen molar-refractivity contribution in [3.8, 4) is 62.9 Å². The quantitative estimate of drug-likeness (QED) is 0.168. The summed E-state index contributed by atoms with van der Waals surface area (Å²) in [6, 6.07) is 61.3. The van der Waals surface area contributed by atoms with E-state index in [0.29, 0.717) is 23.0 Å². The fourth-order valence-electron chi connectivity index (χ4n) is 8.34. The standard InChI is InChI=1S/C55H46N4O/c1-53(2,3)42-24-28-44(29-25-42)55(45-30-26-43(27-31-45)54(4,5)6)46-17-10-11-18-48(46)60-49-34-40(23-32-47(49)55)39-15-12-16-41(33-39)52-58-50(37-13-8-7-9-14-37)57-51(59-52)38-21-19-36(35-56)20-22-38/h7-34H,1-6H3. The van der Waals surface area contributed by atoms with Crippen molar-refractivity contribution in [3.05, 3.63) is 209 Å². The van der Waals surface area contributed by atoms with Crippen LogP contribution in [0.25, 0.3) is 45.3 Å². The minimum Gasteiger partial charge on any atom is -0.457 e. The van der Waals surface area contributed by atoms with Gasteiger partial charge in [-0.15, -0.1) is 0 Å². The second-order valence-corrected chi connectivity index (χ2v) is 17.7. The summed E-state index contributed by atoms with van der Waals surface area (Å²) in [6.45, 7) is 13.6. The first-order valence-corrected chi connectivity index (χ1v) is 20.5. The minimum absolute atomic E-state index is 0.0185. The van der Waals surface area contributed by atoms with Gasteiger partial charge in [0.05, 0.1) is 17.0 Å². The number of ether oxygens (including phenoxy) is 1. The van der Waals surface area contributed by atoms with Gasteiger partial charge in [-0.3, -0.25) is 0 Å². The largest absolute Gasteiger partial charge is 0.457 e. The van der Waals surface area contributed by atoms with Gasteiger partial charge in [0.15, 0.2) is 17.5 Å². The highest BCUT2D eigenvalue weighted by molar-refractivity contribution is 5.77. The van der Waals surface area contributed by atoms with Crippen molar-refractivity contribution in [2.45, 2.75) is 57.8 Å². The zero-order valence-electron chi connectivity index (χ0n) is 34.9. The fraction of sp³-hybridized carbons (Fsp3) is 0.164. The number of para-hydroxylation sites is 1. The Kier molecular flexibility index (Phi) is 9.52. The van der Waals surface area contributed by atoms with E-state index in [1.54, 1.807) is 12.1 Å². The molecule has 5 nitrogen and oxygen atoms in total. The van der Waals surface area contributed by atoms with Gasteiger partial charge >= 0.3 is 0 Å². The molecule has 0 unspecified atom stereocenters. The molecule has 1 aliphatic rings. The molecule has 8 aromatic rings. The fourth-order valence-corrected chi connectivity index (χ4v) is 8.34.